The molecule has 0 aromatic carbocycles. The molecule has 1 saturated heterocycles. The van der Waals surface area contributed by atoms with Gasteiger partial charge in [0, 0.05) is 44.8 Å². The minimum atomic E-state index is 0.703. The van der Waals surface area contributed by atoms with Crippen molar-refractivity contribution >= 4 is 17.4 Å². The molecule has 1 fully saturated rings. The fourth-order valence-electron chi connectivity index (χ4n) is 2.25. The molecule has 1 aromatic rings. The van der Waals surface area contributed by atoms with E-state index in [1.807, 2.05) is 18.3 Å². The normalized spacial score (nSPS) is 16.6. The zero-order chi connectivity index (χ0) is 13.5. The van der Waals surface area contributed by atoms with Crippen molar-refractivity contribution in [3.05, 3.63) is 18.3 Å². The van der Waals surface area contributed by atoms with E-state index in [-0.39, 0.29) is 0 Å². The van der Waals surface area contributed by atoms with Crippen molar-refractivity contribution in [2.24, 2.45) is 0 Å². The van der Waals surface area contributed by atoms with Gasteiger partial charge in [0.15, 0.2) is 11.6 Å². The Bertz CT molecular complexity index is 381. The molecule has 0 saturated carbocycles. The van der Waals surface area contributed by atoms with Crippen molar-refractivity contribution in [1.82, 2.24) is 9.88 Å². The number of anilines is 1. The van der Waals surface area contributed by atoms with Gasteiger partial charge in [-0.25, -0.2) is 4.98 Å². The van der Waals surface area contributed by atoms with E-state index in [4.69, 9.17) is 16.3 Å². The Balaban J connectivity index is 1.98. The molecule has 19 heavy (non-hydrogen) atoms. The molecule has 4 nitrogen and oxygen atoms in total. The summed E-state index contributed by atoms with van der Waals surface area (Å²) in [5.74, 6) is 2.57. The number of hydrogen-bond donors (Lipinski definition) is 0. The van der Waals surface area contributed by atoms with Crippen LogP contribution in [0.15, 0.2) is 18.3 Å². The second-order valence-corrected chi connectivity index (χ2v) is 5.07. The number of halogens is 1. The maximum absolute atomic E-state index is 5.78. The van der Waals surface area contributed by atoms with Crippen LogP contribution in [0.5, 0.6) is 5.75 Å². The lowest BCUT2D eigenvalue weighted by atomic mass is 10.3. The van der Waals surface area contributed by atoms with Crippen LogP contribution in [0.2, 0.25) is 0 Å². The summed E-state index contributed by atoms with van der Waals surface area (Å²) in [7, 11) is 0. The summed E-state index contributed by atoms with van der Waals surface area (Å²) in [6, 6.07) is 3.93. The standard InChI is InChI=1S/C14H22ClN3O/c1-2-12-19-13-4-3-6-16-14(13)18-10-8-17(7-5-15)9-11-18/h3-4,6H,2,5,7-12H2,1H3. The molecule has 0 atom stereocenters. The van der Waals surface area contributed by atoms with Gasteiger partial charge in [0.1, 0.15) is 0 Å². The molecule has 5 heteroatoms. The molecule has 1 aliphatic rings. The smallest absolute Gasteiger partial charge is 0.171 e. The first-order valence-electron chi connectivity index (χ1n) is 6.96. The third-order valence-electron chi connectivity index (χ3n) is 3.29. The van der Waals surface area contributed by atoms with Crippen LogP contribution in [-0.4, -0.2) is 55.1 Å². The van der Waals surface area contributed by atoms with E-state index < -0.39 is 0 Å². The van der Waals surface area contributed by atoms with E-state index in [9.17, 15) is 0 Å². The average molecular weight is 284 g/mol. The lowest BCUT2D eigenvalue weighted by molar-refractivity contribution is 0.269. The summed E-state index contributed by atoms with van der Waals surface area (Å²) in [5, 5.41) is 0. The van der Waals surface area contributed by atoms with Gasteiger partial charge in [0.05, 0.1) is 6.61 Å². The molecule has 0 amide bonds. The molecule has 2 heterocycles. The van der Waals surface area contributed by atoms with Gasteiger partial charge in [-0.3, -0.25) is 4.90 Å². The van der Waals surface area contributed by atoms with Crippen LogP contribution < -0.4 is 9.64 Å². The Labute approximate surface area is 120 Å². The fraction of sp³-hybridized carbons (Fsp3) is 0.643. The highest BCUT2D eigenvalue weighted by Gasteiger charge is 2.20. The van der Waals surface area contributed by atoms with Crippen molar-refractivity contribution in [2.75, 3.05) is 50.1 Å². The number of alkyl halides is 1. The quantitative estimate of drug-likeness (QED) is 0.749. The minimum Gasteiger partial charge on any atom is -0.490 e. The molecular weight excluding hydrogens is 262 g/mol. The van der Waals surface area contributed by atoms with Crippen LogP contribution in [0.25, 0.3) is 0 Å². The highest BCUT2D eigenvalue weighted by Crippen LogP contribution is 2.26. The number of piperazine rings is 1. The highest BCUT2D eigenvalue weighted by molar-refractivity contribution is 6.18. The molecule has 0 unspecified atom stereocenters. The SMILES string of the molecule is CCCOc1cccnc1N1CCN(CCCl)CC1. The van der Waals surface area contributed by atoms with Crippen LogP contribution in [0.1, 0.15) is 13.3 Å². The number of pyridine rings is 1. The molecule has 0 N–H and O–H groups in total. The van der Waals surface area contributed by atoms with Gasteiger partial charge in [-0.15, -0.1) is 11.6 Å². The number of rotatable bonds is 6. The number of ether oxygens (including phenoxy) is 1. The van der Waals surface area contributed by atoms with E-state index in [0.29, 0.717) is 5.88 Å². The van der Waals surface area contributed by atoms with Crippen LogP contribution in [0.4, 0.5) is 5.82 Å². The Morgan fingerprint density at radius 2 is 2.11 bits per heavy atom. The van der Waals surface area contributed by atoms with E-state index in [1.165, 1.54) is 0 Å². The first-order chi connectivity index (χ1) is 9.35. The number of nitrogens with zero attached hydrogens (tertiary/aromatic N) is 3. The zero-order valence-corrected chi connectivity index (χ0v) is 12.3. The molecule has 1 aromatic heterocycles. The van der Waals surface area contributed by atoms with Crippen LogP contribution >= 0.6 is 11.6 Å². The van der Waals surface area contributed by atoms with Crippen molar-refractivity contribution in [3.63, 3.8) is 0 Å². The van der Waals surface area contributed by atoms with Crippen molar-refractivity contribution in [1.29, 1.82) is 0 Å². The molecule has 1 aliphatic heterocycles. The van der Waals surface area contributed by atoms with E-state index >= 15 is 0 Å². The first kappa shape index (κ1) is 14.4. The lowest BCUT2D eigenvalue weighted by Crippen LogP contribution is -2.47. The third kappa shape index (κ3) is 3.98. The molecule has 0 spiro atoms. The van der Waals surface area contributed by atoms with Gasteiger partial charge in [0.25, 0.3) is 0 Å². The Morgan fingerprint density at radius 3 is 2.79 bits per heavy atom. The predicted octanol–water partition coefficient (Wildman–Crippen LogP) is 2.23. The fourth-order valence-corrected chi connectivity index (χ4v) is 2.49. The molecular formula is C14H22ClN3O. The summed E-state index contributed by atoms with van der Waals surface area (Å²) >= 11 is 5.78. The zero-order valence-electron chi connectivity index (χ0n) is 11.5. The topological polar surface area (TPSA) is 28.6 Å². The van der Waals surface area contributed by atoms with Crippen molar-refractivity contribution < 1.29 is 4.74 Å². The van der Waals surface area contributed by atoms with E-state index in [0.717, 1.165) is 57.3 Å². The monoisotopic (exact) mass is 283 g/mol. The van der Waals surface area contributed by atoms with Gasteiger partial charge >= 0.3 is 0 Å². The molecule has 106 valence electrons. The van der Waals surface area contributed by atoms with Gasteiger partial charge in [-0.2, -0.15) is 0 Å². The van der Waals surface area contributed by atoms with E-state index in [2.05, 4.69) is 21.7 Å². The maximum Gasteiger partial charge on any atom is 0.171 e. The summed E-state index contributed by atoms with van der Waals surface area (Å²) < 4.78 is 5.77. The van der Waals surface area contributed by atoms with Crippen LogP contribution in [-0.2, 0) is 0 Å². The van der Waals surface area contributed by atoms with Gasteiger partial charge in [-0.1, -0.05) is 6.92 Å². The summed E-state index contributed by atoms with van der Waals surface area (Å²) in [4.78, 5) is 9.17. The highest BCUT2D eigenvalue weighted by atomic mass is 35.5. The van der Waals surface area contributed by atoms with E-state index in [1.54, 1.807) is 0 Å². The average Bonchev–Trinajstić information content (AvgIpc) is 2.47. The van der Waals surface area contributed by atoms with Gasteiger partial charge < -0.3 is 9.64 Å². The second kappa shape index (κ2) is 7.56. The summed E-state index contributed by atoms with van der Waals surface area (Å²) in [6.45, 7) is 7.86. The number of hydrogen-bond acceptors (Lipinski definition) is 4. The second-order valence-electron chi connectivity index (χ2n) is 4.69. The van der Waals surface area contributed by atoms with Crippen molar-refractivity contribution in [2.45, 2.75) is 13.3 Å². The summed E-state index contributed by atoms with van der Waals surface area (Å²) in [5.41, 5.74) is 0. The Morgan fingerprint density at radius 1 is 1.32 bits per heavy atom. The molecule has 0 bridgehead atoms. The Kier molecular flexibility index (Phi) is 5.73. The van der Waals surface area contributed by atoms with Crippen LogP contribution in [0, 0.1) is 0 Å². The Hall–Kier alpha value is -1.00. The molecule has 0 radical (unpaired) electrons. The van der Waals surface area contributed by atoms with Gasteiger partial charge in [-0.05, 0) is 18.6 Å². The number of aromatic nitrogens is 1. The molecule has 0 aliphatic carbocycles. The summed E-state index contributed by atoms with van der Waals surface area (Å²) in [6.07, 6.45) is 2.84. The predicted molar refractivity (Wildman–Crippen MR) is 79.4 cm³/mol. The first-order valence-corrected chi connectivity index (χ1v) is 7.49. The van der Waals surface area contributed by atoms with Crippen LogP contribution in [0.3, 0.4) is 0 Å². The minimum absolute atomic E-state index is 0.703. The lowest BCUT2D eigenvalue weighted by Gasteiger charge is -2.35. The molecule has 2 rings (SSSR count). The van der Waals surface area contributed by atoms with Crippen molar-refractivity contribution in [3.8, 4) is 5.75 Å². The maximum atomic E-state index is 5.78. The van der Waals surface area contributed by atoms with Gasteiger partial charge in [0.2, 0.25) is 0 Å². The third-order valence-corrected chi connectivity index (χ3v) is 3.45. The largest absolute Gasteiger partial charge is 0.490 e.